The van der Waals surface area contributed by atoms with Gasteiger partial charge in [-0.25, -0.2) is 0 Å². The molecule has 6 rings (SSSR count). The minimum atomic E-state index is -0.0353. The lowest BCUT2D eigenvalue weighted by atomic mass is 9.77. The second-order valence-electron chi connectivity index (χ2n) is 12.4. The number of nitrogens with one attached hydrogen (secondary N) is 1. The zero-order chi connectivity index (χ0) is 30.8. The first-order chi connectivity index (χ1) is 21.3. The Labute approximate surface area is 257 Å². The normalized spacial score (nSPS) is 23.2. The average Bonchev–Trinajstić information content (AvgIpc) is 3.41. The zero-order valence-corrected chi connectivity index (χ0v) is 25.9. The highest BCUT2D eigenvalue weighted by Crippen LogP contribution is 2.37. The molecule has 44 heavy (non-hydrogen) atoms. The predicted octanol–water partition coefficient (Wildman–Crippen LogP) is 3.14. The number of likely N-dealkylation sites (tertiary alicyclic amines) is 1. The Hall–Kier alpha value is -4.15. The molecule has 0 saturated carbocycles. The van der Waals surface area contributed by atoms with Crippen LogP contribution < -0.4 is 14.8 Å². The van der Waals surface area contributed by atoms with Crippen molar-refractivity contribution in [2.45, 2.75) is 57.4 Å². The van der Waals surface area contributed by atoms with Crippen molar-refractivity contribution in [2.75, 3.05) is 40.4 Å². The summed E-state index contributed by atoms with van der Waals surface area (Å²) in [5, 5.41) is 7.31. The molecule has 4 bridgehead atoms. The molecule has 11 nitrogen and oxygen atoms in total. The van der Waals surface area contributed by atoms with Crippen LogP contribution in [0, 0.1) is 11.8 Å². The van der Waals surface area contributed by atoms with Crippen molar-refractivity contribution >= 4 is 28.8 Å². The summed E-state index contributed by atoms with van der Waals surface area (Å²) in [6.07, 6.45) is 8.67. The number of aromatic nitrogens is 3. The second-order valence-corrected chi connectivity index (χ2v) is 12.4. The number of aryl methyl sites for hydroxylation is 3. The highest BCUT2D eigenvalue weighted by molar-refractivity contribution is 5.96. The number of nitrogens with zero attached hydrogens (tertiary/aromatic N) is 5. The fourth-order valence-electron chi connectivity index (χ4n) is 7.39. The summed E-state index contributed by atoms with van der Waals surface area (Å²) >= 11 is 0. The molecule has 3 amide bonds. The minimum Gasteiger partial charge on any atom is -0.493 e. The molecule has 11 heteroatoms. The molecule has 1 aromatic carbocycles. The van der Waals surface area contributed by atoms with Crippen LogP contribution in [0.15, 0.2) is 30.6 Å². The van der Waals surface area contributed by atoms with E-state index in [2.05, 4.69) is 26.4 Å². The maximum absolute atomic E-state index is 13.9. The maximum atomic E-state index is 13.9. The summed E-state index contributed by atoms with van der Waals surface area (Å²) in [5.41, 5.74) is 4.18. The number of methoxy groups -OCH3 is 2. The standard InChI is InChI=1S/C33H42N6O5/c1-37-28-15-24(16-35-26(28)17-36-37)33(42)38-18-22-13-25(20-38)27-7-4-8-30(40)34-11-5-6-23-12-21(9-10-31(41)39(27)19-22)14-29(43-2)32(23)44-3/h12,14-17,22,25,27H,4-11,13,18-20H2,1-3H3,(H,34,40)/t22-,25+,27-/m0/s1. The summed E-state index contributed by atoms with van der Waals surface area (Å²) in [6.45, 7) is 2.39. The summed E-state index contributed by atoms with van der Waals surface area (Å²) < 4.78 is 13.0. The number of hydrogen-bond acceptors (Lipinski definition) is 7. The number of ether oxygens (including phenoxy) is 2. The summed E-state index contributed by atoms with van der Waals surface area (Å²) in [5.74, 6) is 1.83. The van der Waals surface area contributed by atoms with Crippen molar-refractivity contribution in [3.05, 3.63) is 47.3 Å². The van der Waals surface area contributed by atoms with Crippen LogP contribution in [0.3, 0.4) is 0 Å². The summed E-state index contributed by atoms with van der Waals surface area (Å²) in [7, 11) is 5.11. The van der Waals surface area contributed by atoms with Crippen molar-refractivity contribution in [1.29, 1.82) is 0 Å². The van der Waals surface area contributed by atoms with Crippen LogP contribution in [-0.4, -0.2) is 88.7 Å². The third-order valence-electron chi connectivity index (χ3n) is 9.51. The highest BCUT2D eigenvalue weighted by atomic mass is 16.5. The maximum Gasteiger partial charge on any atom is 0.255 e. The molecular weight excluding hydrogens is 560 g/mol. The Bertz CT molecular complexity index is 1550. The van der Waals surface area contributed by atoms with E-state index in [9.17, 15) is 14.4 Å². The third-order valence-corrected chi connectivity index (χ3v) is 9.51. The van der Waals surface area contributed by atoms with Gasteiger partial charge in [-0.1, -0.05) is 6.07 Å². The van der Waals surface area contributed by atoms with Crippen LogP contribution >= 0.6 is 0 Å². The Morgan fingerprint density at radius 2 is 1.84 bits per heavy atom. The largest absolute Gasteiger partial charge is 0.493 e. The van der Waals surface area contributed by atoms with Gasteiger partial charge in [0, 0.05) is 58.3 Å². The summed E-state index contributed by atoms with van der Waals surface area (Å²) in [4.78, 5) is 48.7. The number of carbonyl (C=O) groups is 3. The van der Waals surface area contributed by atoms with E-state index in [0.717, 1.165) is 47.8 Å². The van der Waals surface area contributed by atoms with Gasteiger partial charge in [-0.05, 0) is 73.6 Å². The molecule has 3 aromatic rings. The lowest BCUT2D eigenvalue weighted by Crippen LogP contribution is -2.60. The monoisotopic (exact) mass is 602 g/mol. The molecule has 3 atom stereocenters. The van der Waals surface area contributed by atoms with Crippen LogP contribution in [0.25, 0.3) is 11.0 Å². The number of benzene rings is 1. The number of pyridine rings is 1. The molecule has 0 spiro atoms. The van der Waals surface area contributed by atoms with E-state index in [-0.39, 0.29) is 35.6 Å². The van der Waals surface area contributed by atoms with Gasteiger partial charge in [-0.15, -0.1) is 0 Å². The molecule has 0 unspecified atom stereocenters. The number of piperidine rings is 2. The molecule has 0 radical (unpaired) electrons. The molecule has 2 saturated heterocycles. The molecule has 2 fully saturated rings. The van der Waals surface area contributed by atoms with Gasteiger partial charge in [0.15, 0.2) is 11.5 Å². The van der Waals surface area contributed by atoms with Crippen molar-refractivity contribution in [3.8, 4) is 11.5 Å². The van der Waals surface area contributed by atoms with Crippen molar-refractivity contribution in [3.63, 3.8) is 0 Å². The van der Waals surface area contributed by atoms with E-state index in [1.165, 1.54) is 0 Å². The van der Waals surface area contributed by atoms with Gasteiger partial charge in [-0.2, -0.15) is 5.10 Å². The second kappa shape index (κ2) is 12.8. The van der Waals surface area contributed by atoms with Gasteiger partial charge >= 0.3 is 0 Å². The minimum absolute atomic E-state index is 0.0197. The van der Waals surface area contributed by atoms with Crippen LogP contribution in [-0.2, 0) is 29.5 Å². The molecule has 3 aliphatic rings. The molecular formula is C33H42N6O5. The average molecular weight is 603 g/mol. The predicted molar refractivity (Wildman–Crippen MR) is 165 cm³/mol. The highest BCUT2D eigenvalue weighted by Gasteiger charge is 2.43. The number of amides is 3. The summed E-state index contributed by atoms with van der Waals surface area (Å²) in [6, 6.07) is 5.91. The lowest BCUT2D eigenvalue weighted by molar-refractivity contribution is -0.140. The molecule has 2 aromatic heterocycles. The van der Waals surface area contributed by atoms with Crippen LogP contribution in [0.5, 0.6) is 11.5 Å². The fraction of sp³-hybridized carbons (Fsp3) is 0.545. The first-order valence-corrected chi connectivity index (χ1v) is 15.7. The Balaban J connectivity index is 1.23. The van der Waals surface area contributed by atoms with Gasteiger partial charge < -0.3 is 24.6 Å². The number of hydrogen-bond donors (Lipinski definition) is 1. The van der Waals surface area contributed by atoms with E-state index < -0.39 is 0 Å². The smallest absolute Gasteiger partial charge is 0.255 e. The van der Waals surface area contributed by atoms with Gasteiger partial charge in [-0.3, -0.25) is 24.0 Å². The molecule has 3 aliphatic heterocycles. The molecule has 5 heterocycles. The number of fused-ring (bicyclic) bond motifs is 7. The Morgan fingerprint density at radius 3 is 2.66 bits per heavy atom. The van der Waals surface area contributed by atoms with Crippen molar-refractivity contribution < 1.29 is 23.9 Å². The topological polar surface area (TPSA) is 119 Å². The van der Waals surface area contributed by atoms with Crippen LogP contribution in [0.4, 0.5) is 0 Å². The number of carbonyl (C=O) groups excluding carboxylic acids is 3. The lowest BCUT2D eigenvalue weighted by Gasteiger charge is -2.51. The van der Waals surface area contributed by atoms with Crippen LogP contribution in [0.1, 0.15) is 60.0 Å². The number of rotatable bonds is 3. The van der Waals surface area contributed by atoms with Gasteiger partial charge in [0.1, 0.15) is 5.52 Å². The fourth-order valence-corrected chi connectivity index (χ4v) is 7.39. The van der Waals surface area contributed by atoms with Crippen molar-refractivity contribution in [2.24, 2.45) is 18.9 Å². The van der Waals surface area contributed by atoms with E-state index >= 15 is 0 Å². The van der Waals surface area contributed by atoms with Gasteiger partial charge in [0.05, 0.1) is 31.5 Å². The first-order valence-electron chi connectivity index (χ1n) is 15.7. The van der Waals surface area contributed by atoms with Crippen LogP contribution in [0.2, 0.25) is 0 Å². The van der Waals surface area contributed by atoms with Crippen molar-refractivity contribution in [1.82, 2.24) is 29.9 Å². The van der Waals surface area contributed by atoms with E-state index in [4.69, 9.17) is 9.47 Å². The van der Waals surface area contributed by atoms with E-state index in [0.29, 0.717) is 68.9 Å². The zero-order valence-electron chi connectivity index (χ0n) is 25.9. The van der Waals surface area contributed by atoms with E-state index in [1.54, 1.807) is 31.3 Å². The van der Waals surface area contributed by atoms with E-state index in [1.807, 2.05) is 24.1 Å². The quantitative estimate of drug-likeness (QED) is 0.489. The Morgan fingerprint density at radius 1 is 0.977 bits per heavy atom. The Kier molecular flexibility index (Phi) is 8.72. The molecule has 1 N–H and O–H groups in total. The molecule has 234 valence electrons. The first kappa shape index (κ1) is 29.9. The SMILES string of the molecule is COc1cc2cc(c1OC)CCCNC(=O)CCC[C@H]1[C@@H]3C[C@@H](CN(C(=O)c4cnc5cnn(C)c5c4)C3)CN1C(=O)CC2. The molecule has 0 aliphatic carbocycles. The third kappa shape index (κ3) is 6.09. The van der Waals surface area contributed by atoms with Gasteiger partial charge in [0.25, 0.3) is 5.91 Å². The van der Waals surface area contributed by atoms with Gasteiger partial charge in [0.2, 0.25) is 11.8 Å².